The molecular formula is C14H24N2O6. The van der Waals surface area contributed by atoms with E-state index in [9.17, 15) is 9.59 Å². The highest BCUT2D eigenvalue weighted by molar-refractivity contribution is 6.29. The molecular weight excluding hydrogens is 292 g/mol. The van der Waals surface area contributed by atoms with Gasteiger partial charge in [-0.2, -0.15) is 0 Å². The van der Waals surface area contributed by atoms with Crippen molar-refractivity contribution in [1.82, 2.24) is 10.6 Å². The average molecular weight is 316 g/mol. The van der Waals surface area contributed by atoms with Gasteiger partial charge in [0.15, 0.2) is 0 Å². The Morgan fingerprint density at radius 1 is 0.864 bits per heavy atom. The molecule has 2 aliphatic rings. The van der Waals surface area contributed by atoms with Crippen LogP contribution in [-0.4, -0.2) is 77.8 Å². The van der Waals surface area contributed by atoms with Gasteiger partial charge in [0, 0.05) is 38.0 Å². The summed E-state index contributed by atoms with van der Waals surface area (Å²) in [5.41, 5.74) is 0. The monoisotopic (exact) mass is 316 g/mol. The Morgan fingerprint density at radius 2 is 1.32 bits per heavy atom. The molecule has 2 atom stereocenters. The van der Waals surface area contributed by atoms with Crippen LogP contribution in [0.3, 0.4) is 0 Å². The molecule has 0 bridgehead atoms. The summed E-state index contributed by atoms with van der Waals surface area (Å²) >= 11 is 0. The third-order valence-electron chi connectivity index (χ3n) is 3.49. The summed E-state index contributed by atoms with van der Waals surface area (Å²) in [5, 5.41) is 6.34. The van der Waals surface area contributed by atoms with Gasteiger partial charge in [-0.05, 0) is 0 Å². The summed E-state index contributed by atoms with van der Waals surface area (Å²) < 4.78 is 20.7. The second kappa shape index (κ2) is 9.73. The summed E-state index contributed by atoms with van der Waals surface area (Å²) in [6.07, 6.45) is 0. The molecule has 0 radical (unpaired) electrons. The lowest BCUT2D eigenvalue weighted by Gasteiger charge is -2.15. The van der Waals surface area contributed by atoms with Crippen molar-refractivity contribution in [3.05, 3.63) is 0 Å². The van der Waals surface area contributed by atoms with E-state index < -0.39 is 11.9 Å². The number of ether oxygens (including phenoxy) is 4. The van der Waals surface area contributed by atoms with E-state index in [1.54, 1.807) is 0 Å². The van der Waals surface area contributed by atoms with E-state index in [1.807, 2.05) is 0 Å². The highest BCUT2D eigenvalue weighted by Crippen LogP contribution is 2.03. The van der Waals surface area contributed by atoms with Gasteiger partial charge >= 0.3 is 11.9 Å². The van der Waals surface area contributed by atoms with Crippen molar-refractivity contribution in [2.24, 2.45) is 11.8 Å². The predicted octanol–water partition coefficient (Wildman–Crippen LogP) is -1.46. The largest absolute Gasteiger partial charge is 0.457 e. The molecule has 8 heteroatoms. The molecule has 2 N–H and O–H groups in total. The highest BCUT2D eigenvalue weighted by Gasteiger charge is 2.22. The molecule has 0 aliphatic carbocycles. The standard InChI is InChI=1S/C14H24N2O6/c17-13(21-9-11-5-15-1-3-19-7-11)14(18)22-10-12-6-16-2-4-20-8-12/h11-12,15-16H,1-10H2. The molecule has 0 saturated carbocycles. The van der Waals surface area contributed by atoms with E-state index in [4.69, 9.17) is 18.9 Å². The first-order valence-electron chi connectivity index (χ1n) is 7.66. The Kier molecular flexibility index (Phi) is 7.58. The molecule has 0 aromatic rings. The molecule has 0 aromatic carbocycles. The highest BCUT2D eigenvalue weighted by atomic mass is 16.6. The lowest BCUT2D eigenvalue weighted by molar-refractivity contribution is -0.169. The van der Waals surface area contributed by atoms with E-state index in [1.165, 1.54) is 0 Å². The SMILES string of the molecule is O=C(OCC1CNCCOC1)C(=O)OCC1CNCCOC1. The molecule has 126 valence electrons. The summed E-state index contributed by atoms with van der Waals surface area (Å²) in [7, 11) is 0. The van der Waals surface area contributed by atoms with Crippen LogP contribution in [0, 0.1) is 11.8 Å². The summed E-state index contributed by atoms with van der Waals surface area (Å²) in [6, 6.07) is 0. The Hall–Kier alpha value is -1.22. The number of rotatable bonds is 4. The van der Waals surface area contributed by atoms with Crippen molar-refractivity contribution >= 4 is 11.9 Å². The van der Waals surface area contributed by atoms with Crippen molar-refractivity contribution in [2.45, 2.75) is 0 Å². The van der Waals surface area contributed by atoms with Crippen molar-refractivity contribution < 1.29 is 28.5 Å². The fraction of sp³-hybridized carbons (Fsp3) is 0.857. The smallest absolute Gasteiger partial charge is 0.417 e. The fourth-order valence-electron chi connectivity index (χ4n) is 2.24. The van der Waals surface area contributed by atoms with Crippen LogP contribution in [0.2, 0.25) is 0 Å². The van der Waals surface area contributed by atoms with Gasteiger partial charge in [0.1, 0.15) is 0 Å². The van der Waals surface area contributed by atoms with Crippen LogP contribution >= 0.6 is 0 Å². The van der Waals surface area contributed by atoms with Crippen LogP contribution in [0.5, 0.6) is 0 Å². The number of carbonyl (C=O) groups excluding carboxylic acids is 2. The molecule has 2 rings (SSSR count). The van der Waals surface area contributed by atoms with Gasteiger partial charge in [0.2, 0.25) is 0 Å². The molecule has 2 fully saturated rings. The maximum Gasteiger partial charge on any atom is 0.417 e. The lowest BCUT2D eigenvalue weighted by atomic mass is 10.2. The second-order valence-electron chi connectivity index (χ2n) is 5.49. The third kappa shape index (κ3) is 6.27. The molecule has 2 heterocycles. The minimum absolute atomic E-state index is 0.0544. The van der Waals surface area contributed by atoms with Gasteiger partial charge in [-0.15, -0.1) is 0 Å². The van der Waals surface area contributed by atoms with Crippen molar-refractivity contribution in [2.75, 3.05) is 65.8 Å². The van der Waals surface area contributed by atoms with Crippen LogP contribution in [0.25, 0.3) is 0 Å². The normalized spacial score (nSPS) is 26.5. The van der Waals surface area contributed by atoms with E-state index in [-0.39, 0.29) is 25.0 Å². The lowest BCUT2D eigenvalue weighted by Crippen LogP contribution is -2.31. The van der Waals surface area contributed by atoms with Crippen LogP contribution in [0.15, 0.2) is 0 Å². The first kappa shape index (κ1) is 17.1. The maximum atomic E-state index is 11.6. The Bertz CT molecular complexity index is 315. The quantitative estimate of drug-likeness (QED) is 0.480. The molecule has 0 aromatic heterocycles. The molecule has 2 saturated heterocycles. The van der Waals surface area contributed by atoms with E-state index in [0.717, 1.165) is 13.1 Å². The van der Waals surface area contributed by atoms with Gasteiger partial charge < -0.3 is 29.6 Å². The van der Waals surface area contributed by atoms with E-state index in [0.29, 0.717) is 39.5 Å². The Morgan fingerprint density at radius 3 is 1.77 bits per heavy atom. The topological polar surface area (TPSA) is 95.1 Å². The molecule has 0 amide bonds. The number of hydrogen-bond donors (Lipinski definition) is 2. The van der Waals surface area contributed by atoms with Gasteiger partial charge in [-0.3, -0.25) is 0 Å². The van der Waals surface area contributed by atoms with Crippen LogP contribution in [0.1, 0.15) is 0 Å². The predicted molar refractivity (Wildman–Crippen MR) is 76.3 cm³/mol. The minimum Gasteiger partial charge on any atom is -0.457 e. The van der Waals surface area contributed by atoms with Crippen LogP contribution < -0.4 is 10.6 Å². The third-order valence-corrected chi connectivity index (χ3v) is 3.49. The van der Waals surface area contributed by atoms with Crippen molar-refractivity contribution in [3.8, 4) is 0 Å². The molecule has 0 spiro atoms. The number of esters is 2. The molecule has 22 heavy (non-hydrogen) atoms. The zero-order chi connectivity index (χ0) is 15.6. The van der Waals surface area contributed by atoms with E-state index >= 15 is 0 Å². The number of carbonyl (C=O) groups is 2. The molecule has 2 aliphatic heterocycles. The molecule has 8 nitrogen and oxygen atoms in total. The van der Waals surface area contributed by atoms with Gasteiger partial charge in [0.25, 0.3) is 0 Å². The zero-order valence-corrected chi connectivity index (χ0v) is 12.7. The molecule has 2 unspecified atom stereocenters. The van der Waals surface area contributed by atoms with Crippen LogP contribution in [0.4, 0.5) is 0 Å². The number of hydrogen-bond acceptors (Lipinski definition) is 8. The first-order valence-corrected chi connectivity index (χ1v) is 7.66. The second-order valence-corrected chi connectivity index (χ2v) is 5.49. The summed E-state index contributed by atoms with van der Waals surface area (Å²) in [4.78, 5) is 23.2. The van der Waals surface area contributed by atoms with Crippen LogP contribution in [-0.2, 0) is 28.5 Å². The summed E-state index contributed by atoms with van der Waals surface area (Å²) in [6.45, 7) is 5.58. The summed E-state index contributed by atoms with van der Waals surface area (Å²) in [5.74, 6) is -1.80. The fourth-order valence-corrected chi connectivity index (χ4v) is 2.24. The van der Waals surface area contributed by atoms with Gasteiger partial charge in [-0.25, -0.2) is 9.59 Å². The Labute approximate surface area is 129 Å². The van der Waals surface area contributed by atoms with Crippen molar-refractivity contribution in [3.63, 3.8) is 0 Å². The maximum absolute atomic E-state index is 11.6. The van der Waals surface area contributed by atoms with E-state index in [2.05, 4.69) is 10.6 Å². The average Bonchev–Trinajstić information content (AvgIpc) is 2.94. The minimum atomic E-state index is -0.952. The Balaban J connectivity index is 1.62. The zero-order valence-electron chi connectivity index (χ0n) is 12.7. The van der Waals surface area contributed by atoms with Gasteiger partial charge in [-0.1, -0.05) is 0 Å². The van der Waals surface area contributed by atoms with Gasteiger partial charge in [0.05, 0.1) is 39.6 Å². The van der Waals surface area contributed by atoms with Crippen molar-refractivity contribution in [1.29, 1.82) is 0 Å². The first-order chi connectivity index (χ1) is 10.8. The number of nitrogens with one attached hydrogen (secondary N) is 2.